The van der Waals surface area contributed by atoms with Gasteiger partial charge in [-0.1, -0.05) is 18.5 Å². The molecule has 3 heteroatoms. The number of ether oxygens (including phenoxy) is 1. The lowest BCUT2D eigenvalue weighted by atomic mass is 10.2. The van der Waals surface area contributed by atoms with E-state index in [9.17, 15) is 0 Å². The van der Waals surface area contributed by atoms with E-state index < -0.39 is 0 Å². The lowest BCUT2D eigenvalue weighted by molar-refractivity contribution is 0.259. The van der Waals surface area contributed by atoms with Crippen molar-refractivity contribution in [3.05, 3.63) is 28.8 Å². The fourth-order valence-electron chi connectivity index (χ4n) is 2.41. The highest BCUT2D eigenvalue weighted by Gasteiger charge is 2.17. The SMILES string of the molecule is Cc1cc(OCCCN2CCC(C)C2)ccc1Cl. The monoisotopic (exact) mass is 267 g/mol. The van der Waals surface area contributed by atoms with E-state index in [-0.39, 0.29) is 0 Å². The molecule has 0 saturated carbocycles. The number of halogens is 1. The molecule has 1 aromatic rings. The molecule has 1 fully saturated rings. The Bertz CT molecular complexity index is 394. The Kier molecular flexibility index (Phi) is 4.90. The molecule has 1 aliphatic rings. The fraction of sp³-hybridized carbons (Fsp3) is 0.600. The van der Waals surface area contributed by atoms with Gasteiger partial charge in [0.15, 0.2) is 0 Å². The van der Waals surface area contributed by atoms with E-state index >= 15 is 0 Å². The number of benzene rings is 1. The molecule has 0 N–H and O–H groups in total. The Morgan fingerprint density at radius 3 is 2.94 bits per heavy atom. The second kappa shape index (κ2) is 6.44. The first-order valence-corrected chi connectivity index (χ1v) is 7.14. The summed E-state index contributed by atoms with van der Waals surface area (Å²) in [6, 6.07) is 5.84. The Balaban J connectivity index is 1.67. The minimum absolute atomic E-state index is 0.784. The van der Waals surface area contributed by atoms with Gasteiger partial charge in [0.25, 0.3) is 0 Å². The van der Waals surface area contributed by atoms with E-state index in [0.717, 1.165) is 41.8 Å². The first-order chi connectivity index (χ1) is 8.65. The van der Waals surface area contributed by atoms with Gasteiger partial charge in [0.05, 0.1) is 6.61 Å². The van der Waals surface area contributed by atoms with Crippen LogP contribution in [0.15, 0.2) is 18.2 Å². The number of hydrogen-bond acceptors (Lipinski definition) is 2. The molecule has 1 unspecified atom stereocenters. The van der Waals surface area contributed by atoms with Crippen molar-refractivity contribution in [3.8, 4) is 5.75 Å². The minimum Gasteiger partial charge on any atom is -0.494 e. The van der Waals surface area contributed by atoms with E-state index in [4.69, 9.17) is 16.3 Å². The summed E-state index contributed by atoms with van der Waals surface area (Å²) in [7, 11) is 0. The first-order valence-electron chi connectivity index (χ1n) is 6.76. The van der Waals surface area contributed by atoms with Gasteiger partial charge in [-0.3, -0.25) is 0 Å². The van der Waals surface area contributed by atoms with Gasteiger partial charge in [-0.2, -0.15) is 0 Å². The van der Waals surface area contributed by atoms with Gasteiger partial charge in [-0.25, -0.2) is 0 Å². The zero-order valence-corrected chi connectivity index (χ0v) is 12.0. The van der Waals surface area contributed by atoms with Crippen LogP contribution in [-0.4, -0.2) is 31.1 Å². The van der Waals surface area contributed by atoms with Crippen molar-refractivity contribution in [1.29, 1.82) is 0 Å². The number of rotatable bonds is 5. The molecule has 0 aliphatic carbocycles. The zero-order chi connectivity index (χ0) is 13.0. The number of hydrogen-bond donors (Lipinski definition) is 0. The summed E-state index contributed by atoms with van der Waals surface area (Å²) in [5.41, 5.74) is 1.07. The summed E-state index contributed by atoms with van der Waals surface area (Å²) in [5, 5.41) is 0.799. The predicted octanol–water partition coefficient (Wildman–Crippen LogP) is 3.76. The van der Waals surface area contributed by atoms with Gasteiger partial charge < -0.3 is 9.64 Å². The van der Waals surface area contributed by atoms with Gasteiger partial charge in [-0.15, -0.1) is 0 Å². The fourth-order valence-corrected chi connectivity index (χ4v) is 2.53. The Labute approximate surface area is 115 Å². The van der Waals surface area contributed by atoms with Crippen LogP contribution in [0.1, 0.15) is 25.3 Å². The molecule has 2 rings (SSSR count). The van der Waals surface area contributed by atoms with Crippen LogP contribution in [0.3, 0.4) is 0 Å². The molecule has 18 heavy (non-hydrogen) atoms. The van der Waals surface area contributed by atoms with Gasteiger partial charge in [-0.05, 0) is 56.0 Å². The Morgan fingerprint density at radius 2 is 2.28 bits per heavy atom. The number of aryl methyl sites for hydroxylation is 1. The molecule has 0 bridgehead atoms. The van der Waals surface area contributed by atoms with Crippen LogP contribution in [0.2, 0.25) is 5.02 Å². The van der Waals surface area contributed by atoms with Crippen LogP contribution >= 0.6 is 11.6 Å². The van der Waals surface area contributed by atoms with Crippen LogP contribution in [0.5, 0.6) is 5.75 Å². The highest BCUT2D eigenvalue weighted by Crippen LogP contribution is 2.21. The highest BCUT2D eigenvalue weighted by atomic mass is 35.5. The average molecular weight is 268 g/mol. The van der Waals surface area contributed by atoms with Gasteiger partial charge in [0, 0.05) is 18.1 Å². The second-order valence-corrected chi connectivity index (χ2v) is 5.71. The van der Waals surface area contributed by atoms with E-state index in [1.165, 1.54) is 19.5 Å². The Hall–Kier alpha value is -0.730. The van der Waals surface area contributed by atoms with E-state index in [2.05, 4.69) is 11.8 Å². The third-order valence-electron chi connectivity index (χ3n) is 3.52. The molecule has 0 radical (unpaired) electrons. The molecular formula is C15H22ClNO. The lowest BCUT2D eigenvalue weighted by Crippen LogP contribution is -2.22. The van der Waals surface area contributed by atoms with E-state index in [1.54, 1.807) is 0 Å². The van der Waals surface area contributed by atoms with Crippen LogP contribution < -0.4 is 4.74 Å². The maximum atomic E-state index is 5.98. The zero-order valence-electron chi connectivity index (χ0n) is 11.3. The van der Waals surface area contributed by atoms with Crippen molar-refractivity contribution in [2.24, 2.45) is 5.92 Å². The van der Waals surface area contributed by atoms with Crippen molar-refractivity contribution in [3.63, 3.8) is 0 Å². The number of nitrogens with zero attached hydrogens (tertiary/aromatic N) is 1. The van der Waals surface area contributed by atoms with Crippen molar-refractivity contribution in [2.75, 3.05) is 26.2 Å². The van der Waals surface area contributed by atoms with E-state index in [0.29, 0.717) is 0 Å². The van der Waals surface area contributed by atoms with Crippen LogP contribution in [0.4, 0.5) is 0 Å². The molecule has 0 aromatic heterocycles. The molecule has 1 saturated heterocycles. The maximum absolute atomic E-state index is 5.98. The summed E-state index contributed by atoms with van der Waals surface area (Å²) in [6.45, 7) is 8.76. The Morgan fingerprint density at radius 1 is 1.44 bits per heavy atom. The maximum Gasteiger partial charge on any atom is 0.119 e. The third kappa shape index (κ3) is 3.89. The molecule has 1 aromatic carbocycles. The van der Waals surface area contributed by atoms with Crippen molar-refractivity contribution in [2.45, 2.75) is 26.7 Å². The van der Waals surface area contributed by atoms with Crippen molar-refractivity contribution < 1.29 is 4.74 Å². The van der Waals surface area contributed by atoms with Gasteiger partial charge in [0.1, 0.15) is 5.75 Å². The molecule has 1 atom stereocenters. The third-order valence-corrected chi connectivity index (χ3v) is 3.95. The predicted molar refractivity (Wildman–Crippen MR) is 76.5 cm³/mol. The van der Waals surface area contributed by atoms with E-state index in [1.807, 2.05) is 25.1 Å². The number of likely N-dealkylation sites (tertiary alicyclic amines) is 1. The summed E-state index contributed by atoms with van der Waals surface area (Å²) >= 11 is 5.98. The molecular weight excluding hydrogens is 246 g/mol. The average Bonchev–Trinajstić information content (AvgIpc) is 2.75. The highest BCUT2D eigenvalue weighted by molar-refractivity contribution is 6.31. The second-order valence-electron chi connectivity index (χ2n) is 5.31. The quantitative estimate of drug-likeness (QED) is 0.753. The van der Waals surface area contributed by atoms with Gasteiger partial charge >= 0.3 is 0 Å². The van der Waals surface area contributed by atoms with Crippen LogP contribution in [-0.2, 0) is 0 Å². The minimum atomic E-state index is 0.784. The first kappa shape index (κ1) is 13.7. The summed E-state index contributed by atoms with van der Waals surface area (Å²) < 4.78 is 5.74. The van der Waals surface area contributed by atoms with Crippen LogP contribution in [0, 0.1) is 12.8 Å². The van der Waals surface area contributed by atoms with Crippen molar-refractivity contribution >= 4 is 11.6 Å². The molecule has 1 aliphatic heterocycles. The largest absolute Gasteiger partial charge is 0.494 e. The molecule has 2 nitrogen and oxygen atoms in total. The molecule has 100 valence electrons. The summed E-state index contributed by atoms with van der Waals surface area (Å²) in [4.78, 5) is 2.53. The molecule has 0 amide bonds. The lowest BCUT2D eigenvalue weighted by Gasteiger charge is -2.15. The van der Waals surface area contributed by atoms with Crippen molar-refractivity contribution in [1.82, 2.24) is 4.90 Å². The topological polar surface area (TPSA) is 12.5 Å². The standard InChI is InChI=1S/C15H22ClNO/c1-12-6-8-17(11-12)7-3-9-18-14-4-5-15(16)13(2)10-14/h4-5,10,12H,3,6-9,11H2,1-2H3. The summed E-state index contributed by atoms with van der Waals surface area (Å²) in [5.74, 6) is 1.79. The van der Waals surface area contributed by atoms with Crippen LogP contribution in [0.25, 0.3) is 0 Å². The summed E-state index contributed by atoms with van der Waals surface area (Å²) in [6.07, 6.45) is 2.44. The normalized spacial score (nSPS) is 20.3. The molecule has 1 heterocycles. The molecule has 0 spiro atoms. The van der Waals surface area contributed by atoms with Gasteiger partial charge in [0.2, 0.25) is 0 Å². The smallest absolute Gasteiger partial charge is 0.119 e.